The Morgan fingerprint density at radius 1 is 1.07 bits per heavy atom. The summed E-state index contributed by atoms with van der Waals surface area (Å²) in [6.45, 7) is 4.61. The van der Waals surface area contributed by atoms with Crippen molar-refractivity contribution in [2.24, 2.45) is 10.9 Å². The Kier molecular flexibility index (Phi) is 10.5. The second kappa shape index (κ2) is 12.9. The molecule has 8 heteroatoms. The lowest BCUT2D eigenvalue weighted by Gasteiger charge is -2.37. The number of phenols is 1. The normalized spacial score (nSPS) is 18.0. The number of aliphatic imine (C=N–C) groups is 1. The van der Waals surface area contributed by atoms with Gasteiger partial charge in [0.05, 0.1) is 5.69 Å². The summed E-state index contributed by atoms with van der Waals surface area (Å²) in [5.74, 6) is 1.94. The molecule has 1 aliphatic carbocycles. The van der Waals surface area contributed by atoms with Gasteiger partial charge in [-0.2, -0.15) is 0 Å². The number of phenolic OH excluding ortho intramolecular Hbond substituents is 1. The number of hydrogen-bond donors (Lipinski definition) is 3. The van der Waals surface area contributed by atoms with E-state index in [1.165, 1.54) is 32.1 Å². The van der Waals surface area contributed by atoms with E-state index in [0.717, 1.165) is 37.8 Å². The first-order valence-electron chi connectivity index (χ1n) is 10.9. The highest BCUT2D eigenvalue weighted by Gasteiger charge is 2.21. The van der Waals surface area contributed by atoms with Gasteiger partial charge in [-0.1, -0.05) is 31.4 Å². The summed E-state index contributed by atoms with van der Waals surface area (Å²) >= 11 is 0. The number of hydrogen-bond acceptors (Lipinski definition) is 4. The highest BCUT2D eigenvalue weighted by atomic mass is 127. The maximum absolute atomic E-state index is 12.1. The van der Waals surface area contributed by atoms with E-state index in [2.05, 4.69) is 25.4 Å². The summed E-state index contributed by atoms with van der Waals surface area (Å²) in [7, 11) is 1.79. The molecule has 1 aromatic rings. The van der Waals surface area contributed by atoms with Gasteiger partial charge in [0.1, 0.15) is 5.75 Å². The third-order valence-corrected chi connectivity index (χ3v) is 5.94. The van der Waals surface area contributed by atoms with Crippen LogP contribution in [-0.2, 0) is 4.79 Å². The predicted octanol–water partition coefficient (Wildman–Crippen LogP) is 2.79. The maximum atomic E-state index is 12.1. The first-order valence-corrected chi connectivity index (χ1v) is 10.9. The molecule has 30 heavy (non-hydrogen) atoms. The summed E-state index contributed by atoms with van der Waals surface area (Å²) in [6, 6.07) is 7.47. The molecule has 1 saturated carbocycles. The SMILES string of the molecule is CN=C(NCCNC(=O)CC1CCCCC1)N1CCN(c2ccccc2O)CC1.I. The van der Waals surface area contributed by atoms with Crippen LogP contribution in [0.4, 0.5) is 5.69 Å². The zero-order valence-corrected chi connectivity index (χ0v) is 20.3. The van der Waals surface area contributed by atoms with Crippen molar-refractivity contribution in [1.82, 2.24) is 15.5 Å². The van der Waals surface area contributed by atoms with Gasteiger partial charge in [0.25, 0.3) is 0 Å². The van der Waals surface area contributed by atoms with Crippen LogP contribution in [0.25, 0.3) is 0 Å². The van der Waals surface area contributed by atoms with E-state index in [4.69, 9.17) is 0 Å². The molecule has 0 atom stereocenters. The average Bonchev–Trinajstić information content (AvgIpc) is 2.75. The molecule has 0 unspecified atom stereocenters. The van der Waals surface area contributed by atoms with Crippen LogP contribution < -0.4 is 15.5 Å². The van der Waals surface area contributed by atoms with Gasteiger partial charge in [0, 0.05) is 52.7 Å². The Morgan fingerprint density at radius 3 is 2.40 bits per heavy atom. The number of nitrogens with one attached hydrogen (secondary N) is 2. The lowest BCUT2D eigenvalue weighted by molar-refractivity contribution is -0.122. The van der Waals surface area contributed by atoms with Crippen molar-refractivity contribution < 1.29 is 9.90 Å². The second-order valence-electron chi connectivity index (χ2n) is 7.99. The number of halogens is 1. The van der Waals surface area contributed by atoms with E-state index >= 15 is 0 Å². The quantitative estimate of drug-likeness (QED) is 0.229. The topological polar surface area (TPSA) is 80.2 Å². The molecular weight excluding hydrogens is 493 g/mol. The maximum Gasteiger partial charge on any atom is 0.220 e. The summed E-state index contributed by atoms with van der Waals surface area (Å²) in [6.07, 6.45) is 6.93. The Bertz CT molecular complexity index is 686. The Balaban J connectivity index is 0.00000320. The zero-order valence-electron chi connectivity index (χ0n) is 18.0. The number of piperazine rings is 1. The third-order valence-electron chi connectivity index (χ3n) is 5.94. The Labute approximate surface area is 197 Å². The van der Waals surface area contributed by atoms with Gasteiger partial charge >= 0.3 is 0 Å². The van der Waals surface area contributed by atoms with E-state index in [1.54, 1.807) is 13.1 Å². The summed E-state index contributed by atoms with van der Waals surface area (Å²) in [5.41, 5.74) is 0.885. The molecule has 0 aromatic heterocycles. The molecule has 168 valence electrons. The van der Waals surface area contributed by atoms with Gasteiger partial charge in [0.2, 0.25) is 5.91 Å². The van der Waals surface area contributed by atoms with Gasteiger partial charge in [-0.25, -0.2) is 0 Å². The predicted molar refractivity (Wildman–Crippen MR) is 133 cm³/mol. The molecular formula is C22H36IN5O2. The van der Waals surface area contributed by atoms with E-state index in [-0.39, 0.29) is 29.9 Å². The van der Waals surface area contributed by atoms with Crippen molar-refractivity contribution in [1.29, 1.82) is 0 Å². The van der Waals surface area contributed by atoms with Crippen molar-refractivity contribution in [3.63, 3.8) is 0 Å². The van der Waals surface area contributed by atoms with Crippen LogP contribution in [-0.4, -0.2) is 68.2 Å². The molecule has 1 aromatic carbocycles. The van der Waals surface area contributed by atoms with E-state index in [0.29, 0.717) is 31.2 Å². The number of carbonyl (C=O) groups excluding carboxylic acids is 1. The fraction of sp³-hybridized carbons (Fsp3) is 0.636. The van der Waals surface area contributed by atoms with Crippen molar-refractivity contribution in [3.05, 3.63) is 24.3 Å². The van der Waals surface area contributed by atoms with Crippen LogP contribution >= 0.6 is 24.0 Å². The van der Waals surface area contributed by atoms with Crippen LogP contribution in [0.3, 0.4) is 0 Å². The van der Waals surface area contributed by atoms with E-state index < -0.39 is 0 Å². The molecule has 1 heterocycles. The van der Waals surface area contributed by atoms with Gasteiger partial charge in [-0.3, -0.25) is 9.79 Å². The first-order chi connectivity index (χ1) is 14.2. The van der Waals surface area contributed by atoms with Crippen LogP contribution in [0, 0.1) is 5.92 Å². The number of guanidine groups is 1. The van der Waals surface area contributed by atoms with Gasteiger partial charge in [-0.05, 0) is 30.9 Å². The summed E-state index contributed by atoms with van der Waals surface area (Å²) < 4.78 is 0. The van der Waals surface area contributed by atoms with Crippen molar-refractivity contribution >= 4 is 41.5 Å². The minimum atomic E-state index is 0. The smallest absolute Gasteiger partial charge is 0.220 e. The first kappa shape index (κ1) is 24.6. The zero-order chi connectivity index (χ0) is 20.5. The molecule has 2 aliphatic rings. The van der Waals surface area contributed by atoms with E-state index in [1.807, 2.05) is 18.2 Å². The Hall–Kier alpha value is -1.71. The van der Waals surface area contributed by atoms with Gasteiger partial charge < -0.3 is 25.5 Å². The average molecular weight is 529 g/mol. The van der Waals surface area contributed by atoms with Gasteiger partial charge in [-0.15, -0.1) is 24.0 Å². The monoisotopic (exact) mass is 529 g/mol. The highest BCUT2D eigenvalue weighted by molar-refractivity contribution is 14.0. The molecule has 3 rings (SSSR count). The molecule has 1 aliphatic heterocycles. The molecule has 1 amide bonds. The van der Waals surface area contributed by atoms with Gasteiger partial charge in [0.15, 0.2) is 5.96 Å². The minimum absolute atomic E-state index is 0. The second-order valence-corrected chi connectivity index (χ2v) is 7.99. The van der Waals surface area contributed by atoms with Crippen LogP contribution in [0.15, 0.2) is 29.3 Å². The molecule has 3 N–H and O–H groups in total. The molecule has 0 radical (unpaired) electrons. The van der Waals surface area contributed by atoms with Crippen LogP contribution in [0.5, 0.6) is 5.75 Å². The summed E-state index contributed by atoms with van der Waals surface area (Å²) in [5, 5.41) is 16.4. The minimum Gasteiger partial charge on any atom is -0.506 e. The molecule has 2 fully saturated rings. The number of para-hydroxylation sites is 2. The lowest BCUT2D eigenvalue weighted by atomic mass is 9.87. The third kappa shape index (κ3) is 7.21. The number of aromatic hydroxyl groups is 1. The lowest BCUT2D eigenvalue weighted by Crippen LogP contribution is -2.53. The largest absolute Gasteiger partial charge is 0.506 e. The number of anilines is 1. The Morgan fingerprint density at radius 2 is 1.73 bits per heavy atom. The number of rotatable bonds is 6. The fourth-order valence-corrected chi connectivity index (χ4v) is 4.32. The fourth-order valence-electron chi connectivity index (χ4n) is 4.32. The number of benzene rings is 1. The highest BCUT2D eigenvalue weighted by Crippen LogP contribution is 2.27. The number of amides is 1. The number of carbonyl (C=O) groups is 1. The van der Waals surface area contributed by atoms with E-state index in [9.17, 15) is 9.90 Å². The van der Waals surface area contributed by atoms with Crippen molar-refractivity contribution in [2.45, 2.75) is 38.5 Å². The molecule has 0 spiro atoms. The molecule has 1 saturated heterocycles. The molecule has 7 nitrogen and oxygen atoms in total. The summed E-state index contributed by atoms with van der Waals surface area (Å²) in [4.78, 5) is 20.9. The molecule has 0 bridgehead atoms. The standard InChI is InChI=1S/C22H35N5O2.HI/c1-23-22(25-12-11-24-21(29)17-18-7-3-2-4-8-18)27-15-13-26(14-16-27)19-9-5-6-10-20(19)28;/h5-6,9-10,18,28H,2-4,7-8,11-17H2,1H3,(H,23,25)(H,24,29);1H. The number of nitrogens with zero attached hydrogens (tertiary/aromatic N) is 3. The van der Waals surface area contributed by atoms with Crippen molar-refractivity contribution in [3.8, 4) is 5.75 Å². The van der Waals surface area contributed by atoms with Crippen molar-refractivity contribution in [2.75, 3.05) is 51.2 Å². The van der Waals surface area contributed by atoms with Crippen LogP contribution in [0.1, 0.15) is 38.5 Å². The van der Waals surface area contributed by atoms with Crippen LogP contribution in [0.2, 0.25) is 0 Å².